The largest absolute Gasteiger partial charge is 0.376 e. The van der Waals surface area contributed by atoms with E-state index in [1.807, 2.05) is 32.0 Å². The Kier molecular flexibility index (Phi) is 3.57. The van der Waals surface area contributed by atoms with Gasteiger partial charge in [-0.25, -0.2) is 5.10 Å². The van der Waals surface area contributed by atoms with Gasteiger partial charge in [0, 0.05) is 14.1 Å². The van der Waals surface area contributed by atoms with Crippen molar-refractivity contribution in [1.29, 1.82) is 0 Å². The lowest BCUT2D eigenvalue weighted by molar-refractivity contribution is 1.05. The van der Waals surface area contributed by atoms with E-state index in [0.717, 1.165) is 11.3 Å². The summed E-state index contributed by atoms with van der Waals surface area (Å²) in [6.45, 7) is 1.96. The van der Waals surface area contributed by atoms with E-state index in [1.54, 1.807) is 6.07 Å². The minimum absolute atomic E-state index is 0.363. The normalized spacial score (nSPS) is 11.1. The van der Waals surface area contributed by atoms with Crippen molar-refractivity contribution >= 4 is 28.9 Å². The van der Waals surface area contributed by atoms with Crippen LogP contribution in [0.3, 0.4) is 0 Å². The smallest absolute Gasteiger partial charge is 0.264 e. The van der Waals surface area contributed by atoms with Gasteiger partial charge < -0.3 is 4.90 Å². The Morgan fingerprint density at radius 2 is 2.06 bits per heavy atom. The van der Waals surface area contributed by atoms with Gasteiger partial charge in [0.1, 0.15) is 6.33 Å². The predicted octanol–water partition coefficient (Wildman–Crippen LogP) is 3.25. The van der Waals surface area contributed by atoms with Gasteiger partial charge in [-0.3, -0.25) is 0 Å². The van der Waals surface area contributed by atoms with Gasteiger partial charge in [0.05, 0.1) is 16.4 Å². The van der Waals surface area contributed by atoms with Gasteiger partial charge in [-0.05, 0) is 24.6 Å². The van der Waals surface area contributed by atoms with E-state index in [1.165, 1.54) is 6.33 Å². The number of hydrogen-bond donors (Lipinski definition) is 1. The van der Waals surface area contributed by atoms with Crippen molar-refractivity contribution in [2.45, 2.75) is 6.92 Å². The fourth-order valence-corrected chi connectivity index (χ4v) is 1.78. The number of nitrogens with one attached hydrogen (secondary N) is 1. The summed E-state index contributed by atoms with van der Waals surface area (Å²) >= 11 is 6.18. The van der Waals surface area contributed by atoms with Crippen LogP contribution < -0.4 is 4.90 Å². The van der Waals surface area contributed by atoms with Crippen LogP contribution in [0.15, 0.2) is 28.7 Å². The SMILES string of the molecule is Cc1cc(N(C)C)c(Cl)cc1N=Nc1ncn[nH]1. The Balaban J connectivity index is 2.32. The summed E-state index contributed by atoms with van der Waals surface area (Å²) in [5.41, 5.74) is 2.65. The molecule has 0 amide bonds. The molecule has 94 valence electrons. The molecule has 0 aliphatic rings. The number of aromatic amines is 1. The number of benzene rings is 1. The van der Waals surface area contributed by atoms with Crippen molar-refractivity contribution < 1.29 is 0 Å². The minimum atomic E-state index is 0.363. The summed E-state index contributed by atoms with van der Waals surface area (Å²) in [7, 11) is 3.88. The summed E-state index contributed by atoms with van der Waals surface area (Å²) in [6.07, 6.45) is 1.38. The van der Waals surface area contributed by atoms with Gasteiger partial charge >= 0.3 is 0 Å². The highest BCUT2D eigenvalue weighted by Crippen LogP contribution is 2.32. The van der Waals surface area contributed by atoms with Gasteiger partial charge in [-0.1, -0.05) is 11.6 Å². The molecule has 0 aliphatic carbocycles. The Labute approximate surface area is 110 Å². The summed E-state index contributed by atoms with van der Waals surface area (Å²) < 4.78 is 0. The van der Waals surface area contributed by atoms with Gasteiger partial charge in [0.2, 0.25) is 0 Å². The summed E-state index contributed by atoms with van der Waals surface area (Å²) in [6, 6.07) is 3.75. The molecule has 0 aliphatic heterocycles. The highest BCUT2D eigenvalue weighted by Gasteiger charge is 2.07. The molecule has 2 aromatic rings. The molecule has 6 nitrogen and oxygen atoms in total. The maximum atomic E-state index is 6.18. The number of aryl methyl sites for hydroxylation is 1. The van der Waals surface area contributed by atoms with Crippen LogP contribution in [0.5, 0.6) is 0 Å². The summed E-state index contributed by atoms with van der Waals surface area (Å²) in [5.74, 6) is 0.363. The first-order valence-corrected chi connectivity index (χ1v) is 5.70. The number of azo groups is 1. The van der Waals surface area contributed by atoms with Crippen molar-refractivity contribution in [3.05, 3.63) is 29.0 Å². The molecule has 7 heteroatoms. The zero-order valence-electron chi connectivity index (χ0n) is 10.3. The molecule has 1 aromatic carbocycles. The van der Waals surface area contributed by atoms with E-state index in [4.69, 9.17) is 11.6 Å². The Morgan fingerprint density at radius 1 is 1.28 bits per heavy atom. The van der Waals surface area contributed by atoms with Crippen LogP contribution in [0.1, 0.15) is 5.56 Å². The molecule has 2 rings (SSSR count). The van der Waals surface area contributed by atoms with E-state index in [9.17, 15) is 0 Å². The highest BCUT2D eigenvalue weighted by atomic mass is 35.5. The Morgan fingerprint density at radius 3 is 2.67 bits per heavy atom. The second-order valence-electron chi connectivity index (χ2n) is 3.99. The zero-order chi connectivity index (χ0) is 13.1. The Hall–Kier alpha value is -1.95. The second kappa shape index (κ2) is 5.14. The van der Waals surface area contributed by atoms with Crippen molar-refractivity contribution in [3.63, 3.8) is 0 Å². The standard InChI is InChI=1S/C11H13ClN6/c1-7-4-10(18(2)3)8(12)5-9(7)15-17-11-13-6-14-16-11/h4-6H,1-3H3,(H,13,14,16). The first-order valence-electron chi connectivity index (χ1n) is 5.32. The molecular weight excluding hydrogens is 252 g/mol. The Bertz CT molecular complexity index is 561. The number of nitrogens with zero attached hydrogens (tertiary/aromatic N) is 5. The van der Waals surface area contributed by atoms with Crippen LogP contribution in [0.2, 0.25) is 5.02 Å². The number of anilines is 1. The predicted molar refractivity (Wildman–Crippen MR) is 71.1 cm³/mol. The number of H-pyrrole nitrogens is 1. The van der Waals surface area contributed by atoms with Crippen molar-refractivity contribution in [2.24, 2.45) is 10.2 Å². The molecule has 0 atom stereocenters. The molecule has 1 heterocycles. The number of aromatic nitrogens is 3. The van der Waals surface area contributed by atoms with Gasteiger partial charge in [-0.2, -0.15) is 10.1 Å². The lowest BCUT2D eigenvalue weighted by atomic mass is 10.2. The molecule has 18 heavy (non-hydrogen) atoms. The first-order chi connectivity index (χ1) is 8.58. The fourth-order valence-electron chi connectivity index (χ4n) is 1.45. The van der Waals surface area contributed by atoms with Crippen molar-refractivity contribution in [1.82, 2.24) is 15.2 Å². The van der Waals surface area contributed by atoms with Crippen LogP contribution in [0.25, 0.3) is 0 Å². The summed E-state index contributed by atoms with van der Waals surface area (Å²) in [5, 5.41) is 15.0. The van der Waals surface area contributed by atoms with Crippen molar-refractivity contribution in [2.75, 3.05) is 19.0 Å². The molecule has 0 radical (unpaired) electrons. The van der Waals surface area contributed by atoms with E-state index in [2.05, 4.69) is 25.4 Å². The van der Waals surface area contributed by atoms with E-state index < -0.39 is 0 Å². The molecular formula is C11H13ClN6. The molecule has 1 N–H and O–H groups in total. The first kappa shape index (κ1) is 12.5. The molecule has 0 unspecified atom stereocenters. The zero-order valence-corrected chi connectivity index (χ0v) is 11.1. The van der Waals surface area contributed by atoms with Crippen LogP contribution in [-0.2, 0) is 0 Å². The van der Waals surface area contributed by atoms with Gasteiger partial charge in [0.15, 0.2) is 0 Å². The third kappa shape index (κ3) is 2.65. The highest BCUT2D eigenvalue weighted by molar-refractivity contribution is 6.33. The molecule has 0 bridgehead atoms. The maximum Gasteiger partial charge on any atom is 0.264 e. The van der Waals surface area contributed by atoms with Gasteiger partial charge in [-0.15, -0.1) is 10.2 Å². The number of halogens is 1. The topological polar surface area (TPSA) is 69.5 Å². The van der Waals surface area contributed by atoms with Crippen LogP contribution in [0.4, 0.5) is 17.3 Å². The molecule has 0 fully saturated rings. The summed E-state index contributed by atoms with van der Waals surface area (Å²) in [4.78, 5) is 5.81. The van der Waals surface area contributed by atoms with Crippen LogP contribution >= 0.6 is 11.6 Å². The van der Waals surface area contributed by atoms with Crippen molar-refractivity contribution in [3.8, 4) is 0 Å². The van der Waals surface area contributed by atoms with E-state index >= 15 is 0 Å². The lowest BCUT2D eigenvalue weighted by Crippen LogP contribution is -2.09. The number of rotatable bonds is 3. The molecule has 1 aromatic heterocycles. The second-order valence-corrected chi connectivity index (χ2v) is 4.40. The lowest BCUT2D eigenvalue weighted by Gasteiger charge is -2.15. The van der Waals surface area contributed by atoms with Crippen LogP contribution in [0, 0.1) is 6.92 Å². The van der Waals surface area contributed by atoms with E-state index in [0.29, 0.717) is 16.7 Å². The quantitative estimate of drug-likeness (QED) is 0.865. The minimum Gasteiger partial charge on any atom is -0.376 e. The fraction of sp³-hybridized carbons (Fsp3) is 0.273. The van der Waals surface area contributed by atoms with Gasteiger partial charge in [0.25, 0.3) is 5.95 Å². The average molecular weight is 265 g/mol. The molecule has 0 saturated heterocycles. The average Bonchev–Trinajstić information content (AvgIpc) is 2.82. The maximum absolute atomic E-state index is 6.18. The molecule has 0 saturated carbocycles. The third-order valence-corrected chi connectivity index (χ3v) is 2.70. The van der Waals surface area contributed by atoms with E-state index in [-0.39, 0.29) is 0 Å². The third-order valence-electron chi connectivity index (χ3n) is 2.40. The molecule has 0 spiro atoms. The monoisotopic (exact) mass is 264 g/mol. The van der Waals surface area contributed by atoms with Crippen LogP contribution in [-0.4, -0.2) is 29.3 Å². The number of hydrogen-bond acceptors (Lipinski definition) is 5.